The van der Waals surface area contributed by atoms with Crippen molar-refractivity contribution in [3.05, 3.63) is 65.0 Å². The number of benzene rings is 2. The average molecular weight is 265 g/mol. The second-order valence-electron chi connectivity index (χ2n) is 3.94. The molecule has 1 amide bonds. The standard InChI is InChI=1S/C15H8FN3O/c16-13-5-6-14(12(7-13)9-18)19-15(20)11-3-1-10(8-17)2-4-11/h1-7H,(H,19,20). The zero-order chi connectivity index (χ0) is 14.5. The van der Waals surface area contributed by atoms with Crippen LogP contribution in [0.4, 0.5) is 10.1 Å². The molecule has 2 rings (SSSR count). The molecule has 0 aliphatic carbocycles. The van der Waals surface area contributed by atoms with Crippen LogP contribution in [0, 0.1) is 28.5 Å². The fourth-order valence-corrected chi connectivity index (χ4v) is 1.61. The molecule has 0 unspecified atom stereocenters. The number of hydrogen-bond acceptors (Lipinski definition) is 3. The molecule has 96 valence electrons. The van der Waals surface area contributed by atoms with Gasteiger partial charge in [-0.05, 0) is 42.5 Å². The molecule has 0 aliphatic heterocycles. The van der Waals surface area contributed by atoms with E-state index in [0.717, 1.165) is 12.1 Å². The summed E-state index contributed by atoms with van der Waals surface area (Å²) in [5, 5.41) is 20.1. The molecular weight excluding hydrogens is 257 g/mol. The molecule has 5 heteroatoms. The Bertz CT molecular complexity index is 739. The normalized spacial score (nSPS) is 9.35. The number of halogens is 1. The molecule has 0 fully saturated rings. The lowest BCUT2D eigenvalue weighted by atomic mass is 10.1. The molecule has 0 radical (unpaired) electrons. The molecule has 0 heterocycles. The van der Waals surface area contributed by atoms with Crippen molar-refractivity contribution in [2.45, 2.75) is 0 Å². The first kappa shape index (κ1) is 13.3. The Morgan fingerprint density at radius 3 is 2.35 bits per heavy atom. The summed E-state index contributed by atoms with van der Waals surface area (Å²) in [6.07, 6.45) is 0. The van der Waals surface area contributed by atoms with Gasteiger partial charge in [0.15, 0.2) is 0 Å². The summed E-state index contributed by atoms with van der Waals surface area (Å²) in [7, 11) is 0. The summed E-state index contributed by atoms with van der Waals surface area (Å²) in [5.74, 6) is -0.976. The summed E-state index contributed by atoms with van der Waals surface area (Å²) < 4.78 is 13.0. The summed E-state index contributed by atoms with van der Waals surface area (Å²) in [5.41, 5.74) is 1.08. The van der Waals surface area contributed by atoms with Crippen LogP contribution in [0.5, 0.6) is 0 Å². The van der Waals surface area contributed by atoms with Gasteiger partial charge in [-0.15, -0.1) is 0 Å². The van der Waals surface area contributed by atoms with Gasteiger partial charge in [0.1, 0.15) is 11.9 Å². The van der Waals surface area contributed by atoms with Crippen molar-refractivity contribution in [2.75, 3.05) is 5.32 Å². The minimum atomic E-state index is -0.544. The van der Waals surface area contributed by atoms with E-state index in [1.165, 1.54) is 30.3 Å². The number of nitrogens with one attached hydrogen (secondary N) is 1. The molecule has 0 saturated heterocycles. The van der Waals surface area contributed by atoms with Gasteiger partial charge in [0.25, 0.3) is 5.91 Å². The lowest BCUT2D eigenvalue weighted by molar-refractivity contribution is 0.102. The Morgan fingerprint density at radius 2 is 1.75 bits per heavy atom. The van der Waals surface area contributed by atoms with E-state index in [2.05, 4.69) is 5.32 Å². The lowest BCUT2D eigenvalue weighted by Crippen LogP contribution is -2.12. The molecule has 0 spiro atoms. The number of carbonyl (C=O) groups excluding carboxylic acids is 1. The van der Waals surface area contributed by atoms with Crippen molar-refractivity contribution in [2.24, 2.45) is 0 Å². The third-order valence-electron chi connectivity index (χ3n) is 2.63. The van der Waals surface area contributed by atoms with Crippen LogP contribution in [-0.4, -0.2) is 5.91 Å². The molecule has 2 aromatic carbocycles. The zero-order valence-electron chi connectivity index (χ0n) is 10.2. The predicted octanol–water partition coefficient (Wildman–Crippen LogP) is 2.82. The Morgan fingerprint density at radius 1 is 1.05 bits per heavy atom. The topological polar surface area (TPSA) is 76.7 Å². The molecular formula is C15H8FN3O. The Kier molecular flexibility index (Phi) is 3.74. The van der Waals surface area contributed by atoms with E-state index in [4.69, 9.17) is 10.5 Å². The summed E-state index contributed by atoms with van der Waals surface area (Å²) in [6, 6.07) is 13.3. The molecule has 20 heavy (non-hydrogen) atoms. The first-order chi connectivity index (χ1) is 9.63. The van der Waals surface area contributed by atoms with E-state index in [1.54, 1.807) is 0 Å². The SMILES string of the molecule is N#Cc1ccc(C(=O)Nc2ccc(F)cc2C#N)cc1. The van der Waals surface area contributed by atoms with Crippen LogP contribution in [0.3, 0.4) is 0 Å². The molecule has 1 N–H and O–H groups in total. The third kappa shape index (κ3) is 2.80. The number of amides is 1. The first-order valence-electron chi connectivity index (χ1n) is 5.65. The second kappa shape index (κ2) is 5.64. The minimum absolute atomic E-state index is 0.0481. The third-order valence-corrected chi connectivity index (χ3v) is 2.63. The van der Waals surface area contributed by atoms with Gasteiger partial charge in [0.2, 0.25) is 0 Å². The van der Waals surface area contributed by atoms with E-state index in [-0.39, 0.29) is 11.3 Å². The van der Waals surface area contributed by atoms with Crippen LogP contribution in [0.1, 0.15) is 21.5 Å². The van der Waals surface area contributed by atoms with Gasteiger partial charge in [-0.1, -0.05) is 0 Å². The van der Waals surface area contributed by atoms with E-state index in [1.807, 2.05) is 12.1 Å². The van der Waals surface area contributed by atoms with Gasteiger partial charge in [-0.25, -0.2) is 4.39 Å². The van der Waals surface area contributed by atoms with Crippen molar-refractivity contribution < 1.29 is 9.18 Å². The van der Waals surface area contributed by atoms with Gasteiger partial charge in [-0.3, -0.25) is 4.79 Å². The number of nitrogens with zero attached hydrogens (tertiary/aromatic N) is 2. The molecule has 0 atom stereocenters. The number of nitriles is 2. The summed E-state index contributed by atoms with van der Waals surface area (Å²) in [4.78, 5) is 12.0. The van der Waals surface area contributed by atoms with Crippen molar-refractivity contribution >= 4 is 11.6 Å². The van der Waals surface area contributed by atoms with Crippen LogP contribution in [0.2, 0.25) is 0 Å². The van der Waals surface area contributed by atoms with Gasteiger partial charge in [-0.2, -0.15) is 10.5 Å². The predicted molar refractivity (Wildman–Crippen MR) is 70.2 cm³/mol. The molecule has 0 aromatic heterocycles. The molecule has 0 aliphatic rings. The van der Waals surface area contributed by atoms with E-state index < -0.39 is 11.7 Å². The average Bonchev–Trinajstić information content (AvgIpc) is 2.49. The number of carbonyl (C=O) groups is 1. The van der Waals surface area contributed by atoms with Crippen LogP contribution in [0.15, 0.2) is 42.5 Å². The highest BCUT2D eigenvalue weighted by molar-refractivity contribution is 6.04. The Labute approximate surface area is 114 Å². The maximum atomic E-state index is 13.0. The second-order valence-corrected chi connectivity index (χ2v) is 3.94. The van der Waals surface area contributed by atoms with Crippen LogP contribution < -0.4 is 5.32 Å². The van der Waals surface area contributed by atoms with E-state index >= 15 is 0 Å². The lowest BCUT2D eigenvalue weighted by Gasteiger charge is -2.07. The van der Waals surface area contributed by atoms with Crippen molar-refractivity contribution in [3.63, 3.8) is 0 Å². The molecule has 4 nitrogen and oxygen atoms in total. The zero-order valence-corrected chi connectivity index (χ0v) is 10.2. The molecule has 2 aromatic rings. The number of rotatable bonds is 2. The smallest absolute Gasteiger partial charge is 0.255 e. The van der Waals surface area contributed by atoms with Crippen molar-refractivity contribution in [1.82, 2.24) is 0 Å². The van der Waals surface area contributed by atoms with Crippen LogP contribution in [-0.2, 0) is 0 Å². The molecule has 0 bridgehead atoms. The van der Waals surface area contributed by atoms with Crippen LogP contribution in [0.25, 0.3) is 0 Å². The summed E-state index contributed by atoms with van der Waals surface area (Å²) >= 11 is 0. The maximum absolute atomic E-state index is 13.0. The van der Waals surface area contributed by atoms with Gasteiger partial charge >= 0.3 is 0 Å². The first-order valence-corrected chi connectivity index (χ1v) is 5.65. The van der Waals surface area contributed by atoms with Gasteiger partial charge < -0.3 is 5.32 Å². The van der Waals surface area contributed by atoms with Crippen molar-refractivity contribution in [3.8, 4) is 12.1 Å². The quantitative estimate of drug-likeness (QED) is 0.906. The van der Waals surface area contributed by atoms with E-state index in [9.17, 15) is 9.18 Å². The number of hydrogen-bond donors (Lipinski definition) is 1. The highest BCUT2D eigenvalue weighted by atomic mass is 19.1. The van der Waals surface area contributed by atoms with Gasteiger partial charge in [0, 0.05) is 5.56 Å². The minimum Gasteiger partial charge on any atom is -0.321 e. The van der Waals surface area contributed by atoms with Crippen LogP contribution >= 0.6 is 0 Å². The van der Waals surface area contributed by atoms with Gasteiger partial charge in [0.05, 0.1) is 22.9 Å². The highest BCUT2D eigenvalue weighted by Crippen LogP contribution is 2.17. The highest BCUT2D eigenvalue weighted by Gasteiger charge is 2.10. The summed E-state index contributed by atoms with van der Waals surface area (Å²) in [6.45, 7) is 0. The number of anilines is 1. The fourth-order valence-electron chi connectivity index (χ4n) is 1.61. The van der Waals surface area contributed by atoms with E-state index in [0.29, 0.717) is 11.1 Å². The fraction of sp³-hybridized carbons (Fsp3) is 0. The monoisotopic (exact) mass is 265 g/mol. The Balaban J connectivity index is 2.24. The largest absolute Gasteiger partial charge is 0.321 e. The maximum Gasteiger partial charge on any atom is 0.255 e. The Hall–Kier alpha value is -3.18. The molecule has 0 saturated carbocycles. The van der Waals surface area contributed by atoms with Crippen molar-refractivity contribution in [1.29, 1.82) is 10.5 Å².